The fourth-order valence-electron chi connectivity index (χ4n) is 4.34. The molecule has 0 aromatic heterocycles. The van der Waals surface area contributed by atoms with E-state index in [1.807, 2.05) is 49.1 Å². The minimum Gasteiger partial charge on any atom is -0.375 e. The van der Waals surface area contributed by atoms with Gasteiger partial charge in [-0.15, -0.1) is 22.5 Å². The molecule has 1 unspecified atom stereocenters. The first-order valence-electron chi connectivity index (χ1n) is 11.3. The summed E-state index contributed by atoms with van der Waals surface area (Å²) >= 11 is 0.993. The van der Waals surface area contributed by atoms with E-state index in [1.54, 1.807) is 13.3 Å². The van der Waals surface area contributed by atoms with Gasteiger partial charge in [0.15, 0.2) is 5.75 Å². The Morgan fingerprint density at radius 1 is 1.17 bits per heavy atom. The SMILES string of the molecule is CCCCC1(CC)CN(c2ccccc2)c2cc(SC)c(OS(=O)(=O)C(F)(F)F)cc2S(O)(O)N1C. The monoisotopic (exact) mass is 568 g/mol. The van der Waals surface area contributed by atoms with Crippen molar-refractivity contribution >= 4 is 44.0 Å². The molecular weight excluding hydrogens is 537 g/mol. The van der Waals surface area contributed by atoms with Crippen molar-refractivity contribution in [2.24, 2.45) is 0 Å². The van der Waals surface area contributed by atoms with Crippen LogP contribution in [0.1, 0.15) is 39.5 Å². The minimum atomic E-state index is -5.97. The van der Waals surface area contributed by atoms with E-state index in [4.69, 9.17) is 0 Å². The molecule has 0 amide bonds. The van der Waals surface area contributed by atoms with Gasteiger partial charge in [0.2, 0.25) is 0 Å². The molecule has 3 rings (SSSR count). The molecule has 1 heterocycles. The molecule has 0 fully saturated rings. The highest BCUT2D eigenvalue weighted by molar-refractivity contribution is 8.22. The smallest absolute Gasteiger partial charge is 0.375 e. The quantitative estimate of drug-likeness (QED) is 0.198. The number of likely N-dealkylation sites (N-methyl/N-ethyl adjacent to an activating group) is 1. The lowest BCUT2D eigenvalue weighted by atomic mass is 9.88. The summed E-state index contributed by atoms with van der Waals surface area (Å²) in [5.41, 5.74) is -5.21. The van der Waals surface area contributed by atoms with Gasteiger partial charge in [-0.3, -0.25) is 9.11 Å². The van der Waals surface area contributed by atoms with Crippen LogP contribution in [0.2, 0.25) is 0 Å². The lowest BCUT2D eigenvalue weighted by Gasteiger charge is -2.50. The van der Waals surface area contributed by atoms with Crippen LogP contribution in [-0.4, -0.2) is 52.7 Å². The van der Waals surface area contributed by atoms with Crippen LogP contribution in [0.25, 0.3) is 0 Å². The van der Waals surface area contributed by atoms with Gasteiger partial charge in [0.05, 0.1) is 16.1 Å². The van der Waals surface area contributed by atoms with Crippen LogP contribution < -0.4 is 9.08 Å². The fourth-order valence-corrected chi connectivity index (χ4v) is 7.22. The summed E-state index contributed by atoms with van der Waals surface area (Å²) in [6.07, 6.45) is 4.49. The predicted octanol–water partition coefficient (Wildman–Crippen LogP) is 7.08. The highest BCUT2D eigenvalue weighted by Crippen LogP contribution is 2.62. The van der Waals surface area contributed by atoms with Gasteiger partial charge in [0, 0.05) is 25.3 Å². The van der Waals surface area contributed by atoms with Crippen molar-refractivity contribution in [1.29, 1.82) is 0 Å². The third kappa shape index (κ3) is 5.32. The van der Waals surface area contributed by atoms with E-state index in [1.165, 1.54) is 10.4 Å². The number of thioether (sulfide) groups is 1. The summed E-state index contributed by atoms with van der Waals surface area (Å²) in [6.45, 7) is 4.37. The zero-order chi connectivity index (χ0) is 26.9. The summed E-state index contributed by atoms with van der Waals surface area (Å²) in [5, 5.41) is 0. The zero-order valence-corrected chi connectivity index (χ0v) is 22.9. The molecule has 0 radical (unpaired) electrons. The summed E-state index contributed by atoms with van der Waals surface area (Å²) in [7, 11) is -8.14. The summed E-state index contributed by atoms with van der Waals surface area (Å²) in [6, 6.07) is 11.7. The molecule has 7 nitrogen and oxygen atoms in total. The molecular formula is C23H31F3N2O5S3. The van der Waals surface area contributed by atoms with Gasteiger partial charge in [-0.1, -0.05) is 44.9 Å². The number of halogens is 3. The fraction of sp³-hybridized carbons (Fsp3) is 0.478. The standard InChI is InChI=1S/C23H31F3N2O5S3/c1-5-7-13-22(6-2)16-28(17-11-9-8-10-12-17)18-14-20(34-4)19(33-36(31,32)23(24,25)26)15-21(18)35(29,30)27(22)3/h8-12,14-15,29-30H,5-7,13,16H2,1-4H3. The maximum absolute atomic E-state index is 13.1. The molecule has 2 N–H and O–H groups in total. The Labute approximate surface area is 216 Å². The third-order valence-electron chi connectivity index (χ3n) is 6.54. The van der Waals surface area contributed by atoms with Gasteiger partial charge < -0.3 is 9.08 Å². The Hall–Kier alpha value is -1.64. The molecule has 0 spiro atoms. The summed E-state index contributed by atoms with van der Waals surface area (Å²) < 4.78 is 92.0. The molecule has 13 heteroatoms. The number of alkyl halides is 3. The lowest BCUT2D eigenvalue weighted by Crippen LogP contribution is -2.52. The number of unbranched alkanes of at least 4 members (excludes halogenated alkanes) is 1. The van der Waals surface area contributed by atoms with Crippen LogP contribution in [0.3, 0.4) is 0 Å². The van der Waals surface area contributed by atoms with Gasteiger partial charge in [0.25, 0.3) is 0 Å². The van der Waals surface area contributed by atoms with Crippen molar-refractivity contribution in [3.8, 4) is 5.75 Å². The molecule has 1 atom stereocenters. The maximum Gasteiger partial charge on any atom is 0.534 e. The number of hydrogen-bond acceptors (Lipinski definition) is 8. The lowest BCUT2D eigenvalue weighted by molar-refractivity contribution is -0.0500. The molecule has 1 aliphatic heterocycles. The largest absolute Gasteiger partial charge is 0.534 e. The Morgan fingerprint density at radius 3 is 2.33 bits per heavy atom. The molecule has 2 aromatic rings. The van der Waals surface area contributed by atoms with Gasteiger partial charge in [-0.2, -0.15) is 25.9 Å². The van der Waals surface area contributed by atoms with Crippen molar-refractivity contribution in [3.05, 3.63) is 42.5 Å². The van der Waals surface area contributed by atoms with E-state index in [2.05, 4.69) is 4.18 Å². The first kappa shape index (κ1) is 28.9. The zero-order valence-electron chi connectivity index (χ0n) is 20.4. The van der Waals surface area contributed by atoms with Gasteiger partial charge in [0.1, 0.15) is 4.90 Å². The summed E-state index contributed by atoms with van der Waals surface area (Å²) in [5.74, 6) is -0.613. The van der Waals surface area contributed by atoms with E-state index >= 15 is 0 Å². The molecule has 36 heavy (non-hydrogen) atoms. The van der Waals surface area contributed by atoms with Crippen molar-refractivity contribution in [2.45, 2.75) is 60.4 Å². The second-order valence-corrected chi connectivity index (χ2v) is 13.0. The maximum atomic E-state index is 13.1. The molecule has 0 saturated carbocycles. The number of hydrogen-bond donors (Lipinski definition) is 2. The van der Waals surface area contributed by atoms with Gasteiger partial charge >= 0.3 is 15.6 Å². The van der Waals surface area contributed by atoms with E-state index in [0.717, 1.165) is 36.4 Å². The molecule has 0 aliphatic carbocycles. The molecule has 202 valence electrons. The van der Waals surface area contributed by atoms with Crippen molar-refractivity contribution in [2.75, 3.05) is 24.7 Å². The average Bonchev–Trinajstić information content (AvgIpc) is 2.89. The summed E-state index contributed by atoms with van der Waals surface area (Å²) in [4.78, 5) is 1.91. The Bertz CT molecular complexity index is 1180. The van der Waals surface area contributed by atoms with Crippen molar-refractivity contribution < 1.29 is 34.9 Å². The first-order chi connectivity index (χ1) is 16.7. The van der Waals surface area contributed by atoms with Gasteiger partial charge in [-0.05, 0) is 37.3 Å². The highest BCUT2D eigenvalue weighted by atomic mass is 32.3. The van der Waals surface area contributed by atoms with Crippen molar-refractivity contribution in [3.63, 3.8) is 0 Å². The van der Waals surface area contributed by atoms with Crippen LogP contribution in [0.5, 0.6) is 5.75 Å². The van der Waals surface area contributed by atoms with E-state index < -0.39 is 37.7 Å². The van der Waals surface area contributed by atoms with Crippen LogP contribution in [0, 0.1) is 0 Å². The average molecular weight is 569 g/mol. The second kappa shape index (κ2) is 10.6. The Kier molecular flexibility index (Phi) is 8.53. The number of fused-ring (bicyclic) bond motifs is 1. The second-order valence-electron chi connectivity index (χ2n) is 8.57. The van der Waals surface area contributed by atoms with Gasteiger partial charge in [-0.25, -0.2) is 0 Å². The van der Waals surface area contributed by atoms with E-state index in [-0.39, 0.29) is 9.79 Å². The highest BCUT2D eigenvalue weighted by Gasteiger charge is 2.50. The normalized spacial score (nSPS) is 21.5. The molecule has 0 saturated heterocycles. The Morgan fingerprint density at radius 2 is 1.81 bits per heavy atom. The predicted molar refractivity (Wildman–Crippen MR) is 139 cm³/mol. The molecule has 2 aromatic carbocycles. The minimum absolute atomic E-state index is 0.106. The molecule has 1 aliphatic rings. The number of nitrogens with zero attached hydrogens (tertiary/aromatic N) is 2. The van der Waals surface area contributed by atoms with Crippen LogP contribution in [0.4, 0.5) is 24.5 Å². The van der Waals surface area contributed by atoms with E-state index in [0.29, 0.717) is 25.1 Å². The Balaban J connectivity index is 2.32. The van der Waals surface area contributed by atoms with E-state index in [9.17, 15) is 30.7 Å². The van der Waals surface area contributed by atoms with Crippen LogP contribution >= 0.6 is 22.5 Å². The third-order valence-corrected chi connectivity index (χ3v) is 10.3. The molecule has 0 bridgehead atoms. The van der Waals surface area contributed by atoms with Crippen LogP contribution in [-0.2, 0) is 10.1 Å². The van der Waals surface area contributed by atoms with Crippen LogP contribution in [0.15, 0.2) is 52.3 Å². The number of para-hydroxylation sites is 1. The van der Waals surface area contributed by atoms with Crippen molar-refractivity contribution in [1.82, 2.24) is 4.31 Å². The number of rotatable bonds is 8. The number of benzene rings is 2. The first-order valence-corrected chi connectivity index (χ1v) is 15.5. The topological polar surface area (TPSA) is 90.3 Å². The number of anilines is 2.